The molecular formula is C18H28N2O. The number of nitrogens with one attached hydrogen (secondary N) is 1. The second kappa shape index (κ2) is 6.91. The first-order valence-electron chi connectivity index (χ1n) is 8.39. The number of hydrogen-bond acceptors (Lipinski definition) is 3. The molecule has 0 aromatic heterocycles. The van der Waals surface area contributed by atoms with Gasteiger partial charge in [0.1, 0.15) is 0 Å². The van der Waals surface area contributed by atoms with Crippen LogP contribution in [0.1, 0.15) is 24.5 Å². The summed E-state index contributed by atoms with van der Waals surface area (Å²) in [6.07, 6.45) is 3.58. The van der Waals surface area contributed by atoms with E-state index in [9.17, 15) is 0 Å². The quantitative estimate of drug-likeness (QED) is 0.898. The van der Waals surface area contributed by atoms with Crippen molar-refractivity contribution >= 4 is 0 Å². The fourth-order valence-electron chi connectivity index (χ4n) is 3.71. The van der Waals surface area contributed by atoms with Crippen molar-refractivity contribution in [1.82, 2.24) is 10.2 Å². The first-order valence-corrected chi connectivity index (χ1v) is 8.39. The van der Waals surface area contributed by atoms with E-state index in [0.29, 0.717) is 5.41 Å². The molecule has 0 bridgehead atoms. The molecule has 0 aliphatic carbocycles. The summed E-state index contributed by atoms with van der Waals surface area (Å²) in [7, 11) is 0. The molecule has 3 nitrogen and oxygen atoms in total. The van der Waals surface area contributed by atoms with E-state index in [1.54, 1.807) is 11.1 Å². The maximum absolute atomic E-state index is 5.73. The van der Waals surface area contributed by atoms with E-state index in [-0.39, 0.29) is 0 Å². The Hall–Kier alpha value is -0.900. The van der Waals surface area contributed by atoms with Gasteiger partial charge in [-0.25, -0.2) is 0 Å². The number of fused-ring (bicyclic) bond motifs is 1. The summed E-state index contributed by atoms with van der Waals surface area (Å²) >= 11 is 0. The standard InChI is InChI=1S/C18H28N2O/c1-2-19-13-18(9-12-21-15-18)14-20-10-7-16-5-3-4-6-17(16)8-11-20/h3-6,19H,2,7-15H2,1H3. The number of ether oxygens (including phenoxy) is 1. The van der Waals surface area contributed by atoms with Crippen LogP contribution in [0, 0.1) is 5.41 Å². The summed E-state index contributed by atoms with van der Waals surface area (Å²) in [5.74, 6) is 0. The van der Waals surface area contributed by atoms with E-state index in [4.69, 9.17) is 4.74 Å². The van der Waals surface area contributed by atoms with Crippen LogP contribution in [0.25, 0.3) is 0 Å². The van der Waals surface area contributed by atoms with Crippen LogP contribution in [-0.2, 0) is 17.6 Å². The molecule has 1 atom stereocenters. The van der Waals surface area contributed by atoms with Crippen molar-refractivity contribution in [3.8, 4) is 0 Å². The minimum atomic E-state index is 0.326. The minimum absolute atomic E-state index is 0.326. The zero-order valence-electron chi connectivity index (χ0n) is 13.2. The highest BCUT2D eigenvalue weighted by Gasteiger charge is 2.36. The molecule has 21 heavy (non-hydrogen) atoms. The molecule has 2 aliphatic heterocycles. The molecule has 1 saturated heterocycles. The van der Waals surface area contributed by atoms with E-state index >= 15 is 0 Å². The molecule has 3 rings (SSSR count). The van der Waals surface area contributed by atoms with E-state index in [2.05, 4.69) is 41.4 Å². The van der Waals surface area contributed by atoms with Gasteiger partial charge >= 0.3 is 0 Å². The van der Waals surface area contributed by atoms with Gasteiger partial charge < -0.3 is 15.0 Å². The van der Waals surface area contributed by atoms with Crippen LogP contribution in [0.5, 0.6) is 0 Å². The second-order valence-electron chi connectivity index (χ2n) is 6.63. The fraction of sp³-hybridized carbons (Fsp3) is 0.667. The van der Waals surface area contributed by atoms with Gasteiger partial charge in [0.05, 0.1) is 6.61 Å². The molecule has 1 unspecified atom stereocenters. The van der Waals surface area contributed by atoms with Gasteiger partial charge in [0, 0.05) is 38.2 Å². The number of nitrogens with zero attached hydrogens (tertiary/aromatic N) is 1. The molecule has 0 radical (unpaired) electrons. The van der Waals surface area contributed by atoms with Gasteiger partial charge in [0.25, 0.3) is 0 Å². The third-order valence-electron chi connectivity index (χ3n) is 5.01. The number of rotatable bonds is 5. The van der Waals surface area contributed by atoms with Crippen LogP contribution in [0.2, 0.25) is 0 Å². The van der Waals surface area contributed by atoms with Crippen LogP contribution in [0.3, 0.4) is 0 Å². The first kappa shape index (κ1) is 15.0. The van der Waals surface area contributed by atoms with Crippen LogP contribution >= 0.6 is 0 Å². The highest BCUT2D eigenvalue weighted by molar-refractivity contribution is 5.28. The van der Waals surface area contributed by atoms with E-state index in [0.717, 1.165) is 26.3 Å². The summed E-state index contributed by atoms with van der Waals surface area (Å²) in [5, 5.41) is 3.55. The fourth-order valence-corrected chi connectivity index (χ4v) is 3.71. The lowest BCUT2D eigenvalue weighted by Gasteiger charge is -2.34. The monoisotopic (exact) mass is 288 g/mol. The third-order valence-corrected chi connectivity index (χ3v) is 5.01. The van der Waals surface area contributed by atoms with Gasteiger partial charge in [-0.1, -0.05) is 31.2 Å². The van der Waals surface area contributed by atoms with Gasteiger partial charge in [0.2, 0.25) is 0 Å². The molecule has 1 fully saturated rings. The molecule has 1 aromatic rings. The van der Waals surface area contributed by atoms with E-state index in [1.807, 2.05) is 0 Å². The zero-order chi connectivity index (χ0) is 14.5. The molecule has 116 valence electrons. The maximum atomic E-state index is 5.73. The van der Waals surface area contributed by atoms with Crippen molar-refractivity contribution in [2.45, 2.75) is 26.2 Å². The highest BCUT2D eigenvalue weighted by Crippen LogP contribution is 2.30. The summed E-state index contributed by atoms with van der Waals surface area (Å²) < 4.78 is 5.73. The topological polar surface area (TPSA) is 24.5 Å². The molecule has 1 N–H and O–H groups in total. The second-order valence-corrected chi connectivity index (χ2v) is 6.63. The van der Waals surface area contributed by atoms with Crippen molar-refractivity contribution < 1.29 is 4.74 Å². The van der Waals surface area contributed by atoms with E-state index in [1.165, 1.54) is 38.9 Å². The summed E-state index contributed by atoms with van der Waals surface area (Å²) in [6, 6.07) is 8.94. The van der Waals surface area contributed by atoms with Crippen molar-refractivity contribution in [3.05, 3.63) is 35.4 Å². The Morgan fingerprint density at radius 1 is 1.19 bits per heavy atom. The summed E-state index contributed by atoms with van der Waals surface area (Å²) in [4.78, 5) is 2.66. The van der Waals surface area contributed by atoms with Crippen LogP contribution in [-0.4, -0.2) is 50.8 Å². The lowest BCUT2D eigenvalue weighted by molar-refractivity contribution is 0.110. The smallest absolute Gasteiger partial charge is 0.0547 e. The van der Waals surface area contributed by atoms with Crippen molar-refractivity contribution in [2.75, 3.05) is 45.9 Å². The average molecular weight is 288 g/mol. The molecule has 2 heterocycles. The Balaban J connectivity index is 1.62. The Morgan fingerprint density at radius 2 is 1.90 bits per heavy atom. The first-order chi connectivity index (χ1) is 10.3. The van der Waals surface area contributed by atoms with Crippen LogP contribution < -0.4 is 5.32 Å². The lowest BCUT2D eigenvalue weighted by atomic mass is 9.86. The summed E-state index contributed by atoms with van der Waals surface area (Å²) in [5.41, 5.74) is 3.42. The molecule has 0 spiro atoms. The van der Waals surface area contributed by atoms with Gasteiger partial charge in [-0.05, 0) is 36.9 Å². The van der Waals surface area contributed by atoms with E-state index < -0.39 is 0 Å². The molecule has 0 amide bonds. The number of hydrogen-bond donors (Lipinski definition) is 1. The largest absolute Gasteiger partial charge is 0.381 e. The average Bonchev–Trinajstić information content (AvgIpc) is 2.88. The lowest BCUT2D eigenvalue weighted by Crippen LogP contribution is -2.45. The van der Waals surface area contributed by atoms with Crippen molar-refractivity contribution in [3.63, 3.8) is 0 Å². The number of benzene rings is 1. The molecular weight excluding hydrogens is 260 g/mol. The normalized spacial score (nSPS) is 26.5. The summed E-state index contributed by atoms with van der Waals surface area (Å²) in [6.45, 7) is 9.72. The minimum Gasteiger partial charge on any atom is -0.381 e. The van der Waals surface area contributed by atoms with Crippen LogP contribution in [0.15, 0.2) is 24.3 Å². The molecule has 3 heteroatoms. The van der Waals surface area contributed by atoms with Gasteiger partial charge in [-0.2, -0.15) is 0 Å². The van der Waals surface area contributed by atoms with Crippen LogP contribution in [0.4, 0.5) is 0 Å². The van der Waals surface area contributed by atoms with Gasteiger partial charge in [-0.15, -0.1) is 0 Å². The maximum Gasteiger partial charge on any atom is 0.0547 e. The molecule has 1 aromatic carbocycles. The van der Waals surface area contributed by atoms with Gasteiger partial charge in [-0.3, -0.25) is 0 Å². The van der Waals surface area contributed by atoms with Crippen molar-refractivity contribution in [1.29, 1.82) is 0 Å². The molecule has 0 saturated carbocycles. The Morgan fingerprint density at radius 3 is 2.48 bits per heavy atom. The highest BCUT2D eigenvalue weighted by atomic mass is 16.5. The van der Waals surface area contributed by atoms with Crippen molar-refractivity contribution in [2.24, 2.45) is 5.41 Å². The third kappa shape index (κ3) is 3.65. The van der Waals surface area contributed by atoms with Gasteiger partial charge in [0.15, 0.2) is 0 Å². The predicted molar refractivity (Wildman–Crippen MR) is 86.7 cm³/mol. The predicted octanol–water partition coefficient (Wildman–Crippen LogP) is 2.10. The SMILES string of the molecule is CCNCC1(CN2CCc3ccccc3CC2)CCOC1. The zero-order valence-corrected chi connectivity index (χ0v) is 13.2. The Kier molecular flexibility index (Phi) is 4.94. The Bertz CT molecular complexity index is 427. The Labute approximate surface area is 128 Å². The molecule has 2 aliphatic rings.